The van der Waals surface area contributed by atoms with Crippen LogP contribution in [0.2, 0.25) is 10.0 Å². The lowest BCUT2D eigenvalue weighted by molar-refractivity contribution is 0.637. The van der Waals surface area contributed by atoms with E-state index in [2.05, 4.69) is 15.5 Å². The molecule has 3 rings (SSSR count). The minimum absolute atomic E-state index is 0.671. The van der Waals surface area contributed by atoms with Crippen molar-refractivity contribution in [3.63, 3.8) is 0 Å². The number of aromatic amines is 1. The number of H-pyrrole nitrogens is 1. The lowest BCUT2D eigenvalue weighted by Crippen LogP contribution is -2.23. The standard InChI is InChI=1S/C12H11Cl2N3/c13-7-1-2-10(14)8(5-7)12-9-6-15-4-3-11(9)16-17-12/h1-2,5,15H,3-4,6H2,(H,16,17). The van der Waals surface area contributed by atoms with Gasteiger partial charge in [0.25, 0.3) is 0 Å². The smallest absolute Gasteiger partial charge is 0.0984 e. The Labute approximate surface area is 109 Å². The van der Waals surface area contributed by atoms with Crippen LogP contribution in [0.1, 0.15) is 11.3 Å². The second-order valence-corrected chi connectivity index (χ2v) is 4.92. The van der Waals surface area contributed by atoms with E-state index in [4.69, 9.17) is 23.2 Å². The number of benzene rings is 1. The third kappa shape index (κ3) is 1.95. The molecule has 0 aliphatic carbocycles. The second-order valence-electron chi connectivity index (χ2n) is 4.08. The number of fused-ring (bicyclic) bond motifs is 1. The van der Waals surface area contributed by atoms with Crippen LogP contribution in [-0.4, -0.2) is 16.7 Å². The average molecular weight is 268 g/mol. The van der Waals surface area contributed by atoms with Crippen molar-refractivity contribution in [3.8, 4) is 11.3 Å². The van der Waals surface area contributed by atoms with Crippen LogP contribution in [0.15, 0.2) is 18.2 Å². The first-order valence-corrected chi connectivity index (χ1v) is 6.23. The van der Waals surface area contributed by atoms with Crippen molar-refractivity contribution in [2.75, 3.05) is 6.54 Å². The van der Waals surface area contributed by atoms with E-state index in [9.17, 15) is 0 Å². The van der Waals surface area contributed by atoms with Gasteiger partial charge >= 0.3 is 0 Å². The SMILES string of the molecule is Clc1ccc(Cl)c(-c2n[nH]c3c2CNCC3)c1. The summed E-state index contributed by atoms with van der Waals surface area (Å²) in [6.45, 7) is 1.81. The zero-order valence-electron chi connectivity index (χ0n) is 9.06. The molecule has 1 aliphatic heterocycles. The Balaban J connectivity index is 2.15. The fraction of sp³-hybridized carbons (Fsp3) is 0.250. The van der Waals surface area contributed by atoms with Crippen LogP contribution in [0.5, 0.6) is 0 Å². The molecule has 88 valence electrons. The van der Waals surface area contributed by atoms with Crippen LogP contribution in [0.25, 0.3) is 11.3 Å². The molecule has 5 heteroatoms. The fourth-order valence-electron chi connectivity index (χ4n) is 2.13. The van der Waals surface area contributed by atoms with Crippen LogP contribution in [0.3, 0.4) is 0 Å². The molecule has 0 saturated heterocycles. The van der Waals surface area contributed by atoms with Gasteiger partial charge < -0.3 is 5.32 Å². The van der Waals surface area contributed by atoms with Gasteiger partial charge in [0, 0.05) is 41.4 Å². The summed E-state index contributed by atoms with van der Waals surface area (Å²) in [7, 11) is 0. The summed E-state index contributed by atoms with van der Waals surface area (Å²) in [6.07, 6.45) is 0.973. The Bertz CT molecular complexity index is 563. The normalized spacial score (nSPS) is 14.7. The molecule has 2 aromatic rings. The van der Waals surface area contributed by atoms with E-state index in [1.54, 1.807) is 12.1 Å². The molecule has 2 N–H and O–H groups in total. The van der Waals surface area contributed by atoms with Gasteiger partial charge in [-0.3, -0.25) is 5.10 Å². The minimum Gasteiger partial charge on any atom is -0.312 e. The maximum absolute atomic E-state index is 6.20. The van der Waals surface area contributed by atoms with E-state index < -0.39 is 0 Å². The van der Waals surface area contributed by atoms with Crippen LogP contribution in [0.4, 0.5) is 0 Å². The van der Waals surface area contributed by atoms with Gasteiger partial charge in [-0.1, -0.05) is 23.2 Å². The summed E-state index contributed by atoms with van der Waals surface area (Å²) in [4.78, 5) is 0. The van der Waals surface area contributed by atoms with Gasteiger partial charge in [0.05, 0.1) is 10.7 Å². The van der Waals surface area contributed by atoms with Crippen molar-refractivity contribution in [2.45, 2.75) is 13.0 Å². The van der Waals surface area contributed by atoms with Crippen LogP contribution in [-0.2, 0) is 13.0 Å². The van der Waals surface area contributed by atoms with Gasteiger partial charge in [0.2, 0.25) is 0 Å². The Morgan fingerprint density at radius 3 is 3.00 bits per heavy atom. The van der Waals surface area contributed by atoms with Gasteiger partial charge in [-0.2, -0.15) is 5.10 Å². The third-order valence-corrected chi connectivity index (χ3v) is 3.55. The van der Waals surface area contributed by atoms with Crippen molar-refractivity contribution in [3.05, 3.63) is 39.5 Å². The number of hydrogen-bond donors (Lipinski definition) is 2. The van der Waals surface area contributed by atoms with Crippen molar-refractivity contribution in [1.29, 1.82) is 0 Å². The van der Waals surface area contributed by atoms with Crippen molar-refractivity contribution < 1.29 is 0 Å². The Morgan fingerprint density at radius 2 is 2.12 bits per heavy atom. The highest BCUT2D eigenvalue weighted by Gasteiger charge is 2.19. The predicted molar refractivity (Wildman–Crippen MR) is 69.5 cm³/mol. The highest BCUT2D eigenvalue weighted by molar-refractivity contribution is 6.35. The lowest BCUT2D eigenvalue weighted by Gasteiger charge is -2.13. The molecule has 0 amide bonds. The molecule has 0 spiro atoms. The Kier molecular flexibility index (Phi) is 2.82. The van der Waals surface area contributed by atoms with Gasteiger partial charge in [-0.15, -0.1) is 0 Å². The number of nitrogens with one attached hydrogen (secondary N) is 2. The maximum Gasteiger partial charge on any atom is 0.0984 e. The number of rotatable bonds is 1. The van der Waals surface area contributed by atoms with Crippen LogP contribution in [0, 0.1) is 0 Å². The van der Waals surface area contributed by atoms with Gasteiger partial charge in [-0.25, -0.2) is 0 Å². The molecule has 17 heavy (non-hydrogen) atoms. The van der Waals surface area contributed by atoms with Gasteiger partial charge in [-0.05, 0) is 18.2 Å². The zero-order valence-corrected chi connectivity index (χ0v) is 10.6. The number of aromatic nitrogens is 2. The highest BCUT2D eigenvalue weighted by Crippen LogP contribution is 2.33. The monoisotopic (exact) mass is 267 g/mol. The van der Waals surface area contributed by atoms with Crippen molar-refractivity contribution >= 4 is 23.2 Å². The molecule has 0 unspecified atom stereocenters. The molecule has 0 radical (unpaired) electrons. The number of nitrogens with zero attached hydrogens (tertiary/aromatic N) is 1. The van der Waals surface area contributed by atoms with Crippen LogP contribution >= 0.6 is 23.2 Å². The van der Waals surface area contributed by atoms with E-state index >= 15 is 0 Å². The van der Waals surface area contributed by atoms with Crippen molar-refractivity contribution in [1.82, 2.24) is 15.5 Å². The van der Waals surface area contributed by atoms with Crippen LogP contribution < -0.4 is 5.32 Å². The van der Waals surface area contributed by atoms with Gasteiger partial charge in [0.1, 0.15) is 0 Å². The molecular formula is C12H11Cl2N3. The largest absolute Gasteiger partial charge is 0.312 e. The Morgan fingerprint density at radius 1 is 1.24 bits per heavy atom. The highest BCUT2D eigenvalue weighted by atomic mass is 35.5. The van der Waals surface area contributed by atoms with E-state index in [1.807, 2.05) is 6.07 Å². The molecule has 0 fully saturated rings. The van der Waals surface area contributed by atoms with E-state index in [0.717, 1.165) is 30.8 Å². The zero-order chi connectivity index (χ0) is 11.8. The second kappa shape index (κ2) is 4.33. The summed E-state index contributed by atoms with van der Waals surface area (Å²) in [5.74, 6) is 0. The van der Waals surface area contributed by atoms with Crippen molar-refractivity contribution in [2.24, 2.45) is 0 Å². The summed E-state index contributed by atoms with van der Waals surface area (Å²) >= 11 is 12.2. The summed E-state index contributed by atoms with van der Waals surface area (Å²) in [5, 5.41) is 12.1. The number of hydrogen-bond acceptors (Lipinski definition) is 2. The predicted octanol–water partition coefficient (Wildman–Crippen LogP) is 3.03. The third-order valence-electron chi connectivity index (χ3n) is 2.99. The summed E-state index contributed by atoms with van der Waals surface area (Å²) in [6, 6.07) is 5.44. The first kappa shape index (κ1) is 11.1. The van der Waals surface area contributed by atoms with Gasteiger partial charge in [0.15, 0.2) is 0 Å². The quantitative estimate of drug-likeness (QED) is 0.834. The fourth-order valence-corrected chi connectivity index (χ4v) is 2.51. The molecule has 2 heterocycles. The van der Waals surface area contributed by atoms with E-state index in [0.29, 0.717) is 10.0 Å². The lowest BCUT2D eigenvalue weighted by atomic mass is 10.0. The Hall–Kier alpha value is -1.03. The number of halogens is 2. The molecule has 0 bridgehead atoms. The average Bonchev–Trinajstić information content (AvgIpc) is 2.76. The summed E-state index contributed by atoms with van der Waals surface area (Å²) in [5.41, 5.74) is 4.18. The molecule has 1 aromatic carbocycles. The molecular weight excluding hydrogens is 257 g/mol. The molecule has 0 atom stereocenters. The first-order chi connectivity index (χ1) is 8.25. The topological polar surface area (TPSA) is 40.7 Å². The van der Waals surface area contributed by atoms with E-state index in [1.165, 1.54) is 11.3 Å². The molecule has 1 aromatic heterocycles. The summed E-state index contributed by atoms with van der Waals surface area (Å²) < 4.78 is 0. The van der Waals surface area contributed by atoms with E-state index in [-0.39, 0.29) is 0 Å². The first-order valence-electron chi connectivity index (χ1n) is 5.48. The molecule has 0 saturated carbocycles. The molecule has 3 nitrogen and oxygen atoms in total. The molecule has 1 aliphatic rings. The maximum atomic E-state index is 6.20. The minimum atomic E-state index is 0.671.